The van der Waals surface area contributed by atoms with Crippen LogP contribution in [0.5, 0.6) is 0 Å². The van der Waals surface area contributed by atoms with Gasteiger partial charge in [0, 0.05) is 18.6 Å². The van der Waals surface area contributed by atoms with Crippen molar-refractivity contribution in [3.8, 4) is 0 Å². The summed E-state index contributed by atoms with van der Waals surface area (Å²) in [5.41, 5.74) is 0.0742. The molecule has 0 amide bonds. The largest absolute Gasteiger partial charge is 0.381 e. The van der Waals surface area contributed by atoms with Crippen LogP contribution in [0.15, 0.2) is 12.7 Å². The van der Waals surface area contributed by atoms with Crippen LogP contribution in [0.2, 0.25) is 0 Å². The first-order chi connectivity index (χ1) is 5.18. The fourth-order valence-corrected chi connectivity index (χ4v) is 0.921. The Hall–Kier alpha value is -0.340. The van der Waals surface area contributed by atoms with Crippen molar-refractivity contribution in [1.82, 2.24) is 5.32 Å². The van der Waals surface area contributed by atoms with Gasteiger partial charge in [-0.2, -0.15) is 0 Å². The first kappa shape index (κ1) is 10.7. The summed E-state index contributed by atoms with van der Waals surface area (Å²) in [6.45, 7) is 10.3. The van der Waals surface area contributed by atoms with Crippen LogP contribution in [0.3, 0.4) is 0 Å². The quantitative estimate of drug-likeness (QED) is 0.589. The molecule has 0 fully saturated rings. The maximum atomic E-state index is 5.33. The zero-order valence-electron chi connectivity index (χ0n) is 7.81. The maximum Gasteiger partial charge on any atom is 0.0566 e. The lowest BCUT2D eigenvalue weighted by atomic mass is 9.92. The molecule has 0 aromatic rings. The first-order valence-corrected chi connectivity index (χ1v) is 4.04. The van der Waals surface area contributed by atoms with E-state index in [0.717, 1.165) is 19.8 Å². The second-order valence-electron chi connectivity index (χ2n) is 3.03. The van der Waals surface area contributed by atoms with Gasteiger partial charge in [-0.05, 0) is 14.0 Å². The number of hydrogen-bond acceptors (Lipinski definition) is 2. The van der Waals surface area contributed by atoms with Crippen molar-refractivity contribution in [3.63, 3.8) is 0 Å². The van der Waals surface area contributed by atoms with Crippen molar-refractivity contribution in [2.24, 2.45) is 5.41 Å². The Morgan fingerprint density at radius 3 is 2.64 bits per heavy atom. The van der Waals surface area contributed by atoms with Crippen molar-refractivity contribution < 1.29 is 4.74 Å². The van der Waals surface area contributed by atoms with Gasteiger partial charge >= 0.3 is 0 Å². The summed E-state index contributed by atoms with van der Waals surface area (Å²) in [5.74, 6) is 0. The Balaban J connectivity index is 3.77. The van der Waals surface area contributed by atoms with Crippen LogP contribution in [-0.4, -0.2) is 26.8 Å². The van der Waals surface area contributed by atoms with Crippen LogP contribution in [0.25, 0.3) is 0 Å². The third kappa shape index (κ3) is 4.17. The summed E-state index contributed by atoms with van der Waals surface area (Å²) in [5, 5.41) is 3.12. The van der Waals surface area contributed by atoms with Gasteiger partial charge in [-0.3, -0.25) is 0 Å². The average molecular weight is 157 g/mol. The zero-order valence-corrected chi connectivity index (χ0v) is 7.81. The summed E-state index contributed by atoms with van der Waals surface area (Å²) in [6.07, 6.45) is 1.94. The van der Waals surface area contributed by atoms with Crippen LogP contribution in [0, 0.1) is 5.41 Å². The molecule has 0 rings (SSSR count). The van der Waals surface area contributed by atoms with Gasteiger partial charge in [0.2, 0.25) is 0 Å². The summed E-state index contributed by atoms with van der Waals surface area (Å²) in [4.78, 5) is 0. The number of rotatable bonds is 6. The SMILES string of the molecule is C=CC(C)(CNC)COCC. The Labute approximate surface area is 69.6 Å². The normalized spacial score (nSPS) is 15.9. The van der Waals surface area contributed by atoms with Gasteiger partial charge in [-0.15, -0.1) is 6.58 Å². The van der Waals surface area contributed by atoms with Gasteiger partial charge in [0.15, 0.2) is 0 Å². The molecule has 66 valence electrons. The monoisotopic (exact) mass is 157 g/mol. The summed E-state index contributed by atoms with van der Waals surface area (Å²) in [7, 11) is 1.94. The van der Waals surface area contributed by atoms with Crippen molar-refractivity contribution in [3.05, 3.63) is 12.7 Å². The molecule has 11 heavy (non-hydrogen) atoms. The molecule has 0 aromatic heterocycles. The molecule has 0 aromatic carbocycles. The predicted molar refractivity (Wildman–Crippen MR) is 48.7 cm³/mol. The maximum absolute atomic E-state index is 5.33. The van der Waals surface area contributed by atoms with Crippen LogP contribution in [0.1, 0.15) is 13.8 Å². The van der Waals surface area contributed by atoms with Crippen molar-refractivity contribution in [2.75, 3.05) is 26.8 Å². The minimum absolute atomic E-state index is 0.0742. The van der Waals surface area contributed by atoms with Gasteiger partial charge in [0.25, 0.3) is 0 Å². The highest BCUT2D eigenvalue weighted by molar-refractivity contribution is 4.92. The molecule has 1 N–H and O–H groups in total. The van der Waals surface area contributed by atoms with Gasteiger partial charge in [-0.1, -0.05) is 13.0 Å². The van der Waals surface area contributed by atoms with Gasteiger partial charge in [0.1, 0.15) is 0 Å². The highest BCUT2D eigenvalue weighted by Crippen LogP contribution is 2.16. The van der Waals surface area contributed by atoms with E-state index in [9.17, 15) is 0 Å². The molecular weight excluding hydrogens is 138 g/mol. The fourth-order valence-electron chi connectivity index (χ4n) is 0.921. The Bertz CT molecular complexity index is 114. The van der Waals surface area contributed by atoms with Crippen molar-refractivity contribution >= 4 is 0 Å². The predicted octanol–water partition coefficient (Wildman–Crippen LogP) is 1.43. The van der Waals surface area contributed by atoms with Gasteiger partial charge in [-0.25, -0.2) is 0 Å². The van der Waals surface area contributed by atoms with E-state index < -0.39 is 0 Å². The van der Waals surface area contributed by atoms with E-state index >= 15 is 0 Å². The van der Waals surface area contributed by atoms with Gasteiger partial charge < -0.3 is 10.1 Å². The average Bonchev–Trinajstić information content (AvgIpc) is 2.02. The summed E-state index contributed by atoms with van der Waals surface area (Å²) >= 11 is 0. The molecule has 0 aliphatic heterocycles. The van der Waals surface area contributed by atoms with E-state index in [1.54, 1.807) is 0 Å². The molecule has 0 heterocycles. The molecule has 1 unspecified atom stereocenters. The summed E-state index contributed by atoms with van der Waals surface area (Å²) in [6, 6.07) is 0. The number of ether oxygens (including phenoxy) is 1. The second-order valence-corrected chi connectivity index (χ2v) is 3.03. The zero-order chi connectivity index (χ0) is 8.74. The van der Waals surface area contributed by atoms with Crippen LogP contribution >= 0.6 is 0 Å². The molecule has 0 spiro atoms. The van der Waals surface area contributed by atoms with Gasteiger partial charge in [0.05, 0.1) is 6.61 Å². The Kier molecular flexibility index (Phi) is 5.16. The van der Waals surface area contributed by atoms with Crippen LogP contribution in [-0.2, 0) is 4.74 Å². The molecule has 2 nitrogen and oxygen atoms in total. The molecule has 0 aliphatic rings. The van der Waals surface area contributed by atoms with E-state index in [4.69, 9.17) is 4.74 Å². The van der Waals surface area contributed by atoms with E-state index in [-0.39, 0.29) is 5.41 Å². The minimum atomic E-state index is 0.0742. The van der Waals surface area contributed by atoms with E-state index in [1.807, 2.05) is 20.0 Å². The first-order valence-electron chi connectivity index (χ1n) is 4.04. The molecule has 2 heteroatoms. The second kappa shape index (κ2) is 5.33. The van der Waals surface area contributed by atoms with Crippen LogP contribution in [0.4, 0.5) is 0 Å². The van der Waals surface area contributed by atoms with E-state index in [0.29, 0.717) is 0 Å². The molecular formula is C9H19NO. The Morgan fingerprint density at radius 1 is 1.64 bits per heavy atom. The summed E-state index contributed by atoms with van der Waals surface area (Å²) < 4.78 is 5.33. The molecule has 0 radical (unpaired) electrons. The molecule has 0 saturated heterocycles. The molecule has 0 aliphatic carbocycles. The fraction of sp³-hybridized carbons (Fsp3) is 0.778. The molecule has 0 bridgehead atoms. The lowest BCUT2D eigenvalue weighted by Crippen LogP contribution is -2.32. The topological polar surface area (TPSA) is 21.3 Å². The van der Waals surface area contributed by atoms with Crippen molar-refractivity contribution in [2.45, 2.75) is 13.8 Å². The Morgan fingerprint density at radius 2 is 2.27 bits per heavy atom. The highest BCUT2D eigenvalue weighted by atomic mass is 16.5. The van der Waals surface area contributed by atoms with E-state index in [2.05, 4.69) is 18.8 Å². The standard InChI is InChI=1S/C9H19NO/c1-5-9(3,7-10-4)8-11-6-2/h5,10H,1,6-8H2,2-4H3. The third-order valence-corrected chi connectivity index (χ3v) is 1.71. The molecule has 1 atom stereocenters. The lowest BCUT2D eigenvalue weighted by molar-refractivity contribution is 0.0860. The lowest BCUT2D eigenvalue weighted by Gasteiger charge is -2.24. The van der Waals surface area contributed by atoms with Crippen LogP contribution < -0.4 is 5.32 Å². The third-order valence-electron chi connectivity index (χ3n) is 1.71. The smallest absolute Gasteiger partial charge is 0.0566 e. The van der Waals surface area contributed by atoms with E-state index in [1.165, 1.54) is 0 Å². The molecule has 0 saturated carbocycles. The minimum Gasteiger partial charge on any atom is -0.381 e. The number of nitrogens with one attached hydrogen (secondary N) is 1. The number of hydrogen-bond donors (Lipinski definition) is 1. The highest BCUT2D eigenvalue weighted by Gasteiger charge is 2.18. The van der Waals surface area contributed by atoms with Crippen molar-refractivity contribution in [1.29, 1.82) is 0 Å².